The van der Waals surface area contributed by atoms with E-state index in [1.807, 2.05) is 0 Å². The summed E-state index contributed by atoms with van der Waals surface area (Å²) in [6.07, 6.45) is -3.06. The van der Waals surface area contributed by atoms with Crippen LogP contribution in [0.4, 0.5) is 17.6 Å². The topological polar surface area (TPSA) is 113 Å². The molecule has 2 aliphatic carbocycles. The number of hydrogen-bond acceptors (Lipinski definition) is 7. The van der Waals surface area contributed by atoms with Gasteiger partial charge in [0.05, 0.1) is 12.0 Å². The van der Waals surface area contributed by atoms with Crippen LogP contribution in [-0.2, 0) is 4.79 Å². The van der Waals surface area contributed by atoms with E-state index in [0.29, 0.717) is 25.7 Å². The third-order valence-electron chi connectivity index (χ3n) is 8.16. The van der Waals surface area contributed by atoms with E-state index < -0.39 is 42.5 Å². The number of halogens is 5. The molecule has 2 heterocycles. The van der Waals surface area contributed by atoms with E-state index in [1.165, 1.54) is 12.1 Å². The van der Waals surface area contributed by atoms with Crippen LogP contribution in [0.2, 0.25) is 0 Å². The summed E-state index contributed by atoms with van der Waals surface area (Å²) in [6, 6.07) is -2.18. The number of hydrazine groups is 2. The molecule has 14 heteroatoms. The van der Waals surface area contributed by atoms with Crippen LogP contribution < -0.4 is 26.9 Å². The van der Waals surface area contributed by atoms with Gasteiger partial charge in [-0.2, -0.15) is 13.2 Å². The van der Waals surface area contributed by atoms with Crippen LogP contribution in [0.3, 0.4) is 0 Å². The van der Waals surface area contributed by atoms with Crippen molar-refractivity contribution in [3.05, 3.63) is 0 Å². The Morgan fingerprint density at radius 1 is 1.14 bits per heavy atom. The van der Waals surface area contributed by atoms with Gasteiger partial charge in [-0.15, -0.1) is 11.6 Å². The Balaban J connectivity index is 1.47. The quantitative estimate of drug-likeness (QED) is 0.135. The van der Waals surface area contributed by atoms with Gasteiger partial charge >= 0.3 is 6.18 Å². The van der Waals surface area contributed by atoms with Crippen molar-refractivity contribution in [1.29, 1.82) is 0 Å². The maximum absolute atomic E-state index is 14.1. The van der Waals surface area contributed by atoms with Gasteiger partial charge in [0, 0.05) is 37.5 Å². The maximum atomic E-state index is 14.1. The van der Waals surface area contributed by atoms with Crippen LogP contribution in [0.5, 0.6) is 0 Å². The van der Waals surface area contributed by atoms with Crippen molar-refractivity contribution in [3.8, 4) is 0 Å². The fourth-order valence-electron chi connectivity index (χ4n) is 5.89. The lowest BCUT2D eigenvalue weighted by atomic mass is 9.81. The summed E-state index contributed by atoms with van der Waals surface area (Å²) in [4.78, 5) is 17.7. The van der Waals surface area contributed by atoms with Gasteiger partial charge in [-0.3, -0.25) is 15.5 Å². The molecular weight excluding hydrogens is 518 g/mol. The molecule has 0 aromatic heterocycles. The second-order valence-electron chi connectivity index (χ2n) is 11.0. The number of alkyl halides is 5. The van der Waals surface area contributed by atoms with Gasteiger partial charge < -0.3 is 10.4 Å². The minimum Gasteiger partial charge on any atom is -0.390 e. The van der Waals surface area contributed by atoms with Gasteiger partial charge in [0.1, 0.15) is 18.4 Å². The van der Waals surface area contributed by atoms with Gasteiger partial charge in [0.25, 0.3) is 0 Å². The van der Waals surface area contributed by atoms with Gasteiger partial charge in [-0.05, 0) is 50.4 Å². The highest BCUT2D eigenvalue weighted by atomic mass is 35.5. The van der Waals surface area contributed by atoms with Gasteiger partial charge in [-0.1, -0.05) is 6.92 Å². The average Bonchev–Trinajstić information content (AvgIpc) is 3.45. The first kappa shape index (κ1) is 28.8. The minimum absolute atomic E-state index is 0.0140. The number of guanidine groups is 1. The Bertz CT molecular complexity index is 837. The molecule has 0 aromatic rings. The minimum atomic E-state index is -4.59. The van der Waals surface area contributed by atoms with Gasteiger partial charge in [-0.25, -0.2) is 25.2 Å². The fraction of sp³-hybridized carbons (Fsp3) is 0.913. The summed E-state index contributed by atoms with van der Waals surface area (Å²) in [5, 5.41) is 16.8. The zero-order valence-electron chi connectivity index (χ0n) is 21.1. The molecule has 10 unspecified atom stereocenters. The van der Waals surface area contributed by atoms with Crippen LogP contribution in [0.1, 0.15) is 51.9 Å². The predicted molar refractivity (Wildman–Crippen MR) is 131 cm³/mol. The van der Waals surface area contributed by atoms with Gasteiger partial charge in [0.2, 0.25) is 5.91 Å². The molecule has 0 aromatic carbocycles. The van der Waals surface area contributed by atoms with E-state index in [9.17, 15) is 27.5 Å². The Morgan fingerprint density at radius 3 is 2.59 bits per heavy atom. The van der Waals surface area contributed by atoms with E-state index in [1.54, 1.807) is 0 Å². The molecule has 0 bridgehead atoms. The van der Waals surface area contributed by atoms with E-state index >= 15 is 0 Å². The molecular formula is C23H38ClF4N7O2. The molecule has 6 N–H and O–H groups in total. The summed E-state index contributed by atoms with van der Waals surface area (Å²) in [5.74, 6) is -1.78. The molecule has 0 radical (unpaired) electrons. The molecule has 10 atom stereocenters. The molecule has 4 rings (SSSR count). The van der Waals surface area contributed by atoms with Crippen molar-refractivity contribution in [2.75, 3.05) is 13.6 Å². The maximum Gasteiger partial charge on any atom is 0.405 e. The van der Waals surface area contributed by atoms with Crippen LogP contribution in [0.15, 0.2) is 4.99 Å². The highest BCUT2D eigenvalue weighted by Gasteiger charge is 2.52. The second kappa shape index (κ2) is 11.9. The number of aliphatic imine (C=N–C) groups is 1. The first-order valence-corrected chi connectivity index (χ1v) is 13.5. The molecule has 0 spiro atoms. The van der Waals surface area contributed by atoms with E-state index in [-0.39, 0.29) is 48.2 Å². The number of rotatable bonds is 4. The molecule has 4 aliphatic rings. The highest BCUT2D eigenvalue weighted by molar-refractivity contribution is 6.20. The Kier molecular flexibility index (Phi) is 9.22. The van der Waals surface area contributed by atoms with Crippen LogP contribution >= 0.6 is 11.6 Å². The Morgan fingerprint density at radius 2 is 1.89 bits per heavy atom. The molecule has 2 aliphatic heterocycles. The van der Waals surface area contributed by atoms with Crippen molar-refractivity contribution in [2.45, 2.75) is 100.0 Å². The predicted octanol–water partition coefficient (Wildman–Crippen LogP) is 1.53. The summed E-state index contributed by atoms with van der Waals surface area (Å²) >= 11 is 6.38. The number of carbonyl (C=O) groups is 1. The lowest BCUT2D eigenvalue weighted by Gasteiger charge is -2.33. The molecule has 4 fully saturated rings. The summed E-state index contributed by atoms with van der Waals surface area (Å²) < 4.78 is 54.7. The third-order valence-corrected chi connectivity index (χ3v) is 8.56. The Labute approximate surface area is 219 Å². The lowest BCUT2D eigenvalue weighted by Crippen LogP contribution is -2.54. The third kappa shape index (κ3) is 7.24. The van der Waals surface area contributed by atoms with Crippen molar-refractivity contribution in [1.82, 2.24) is 31.9 Å². The van der Waals surface area contributed by atoms with E-state index in [4.69, 9.17) is 11.6 Å². The number of amides is 1. The van der Waals surface area contributed by atoms with E-state index in [2.05, 4.69) is 38.8 Å². The molecule has 9 nitrogen and oxygen atoms in total. The van der Waals surface area contributed by atoms with Crippen LogP contribution in [0, 0.1) is 17.8 Å². The molecule has 1 amide bonds. The van der Waals surface area contributed by atoms with Crippen molar-refractivity contribution < 1.29 is 27.5 Å². The van der Waals surface area contributed by atoms with Crippen molar-refractivity contribution in [3.63, 3.8) is 0 Å². The Hall–Kier alpha value is -1.25. The van der Waals surface area contributed by atoms with Crippen LogP contribution in [-0.4, -0.2) is 83.7 Å². The second-order valence-corrected chi connectivity index (χ2v) is 11.7. The van der Waals surface area contributed by atoms with Crippen molar-refractivity contribution in [2.24, 2.45) is 22.7 Å². The SMILES string of the molecule is CC1CCC(Cl)CC1N/C(=N/C1CC(C2CCC(O)C(F)C2)NN1)NC(=O)C1CN(C)NC1C(F)(F)F. The first-order valence-electron chi connectivity index (χ1n) is 13.1. The number of aliphatic hydroxyl groups is 1. The molecule has 2 saturated heterocycles. The normalized spacial score (nSPS) is 42.1. The van der Waals surface area contributed by atoms with Gasteiger partial charge in [0.15, 0.2) is 5.96 Å². The fourth-order valence-corrected chi connectivity index (χ4v) is 6.20. The van der Waals surface area contributed by atoms with Crippen LogP contribution in [0.25, 0.3) is 0 Å². The molecule has 212 valence electrons. The largest absolute Gasteiger partial charge is 0.405 e. The van der Waals surface area contributed by atoms with E-state index in [0.717, 1.165) is 12.8 Å². The highest BCUT2D eigenvalue weighted by Crippen LogP contribution is 2.33. The monoisotopic (exact) mass is 555 g/mol. The summed E-state index contributed by atoms with van der Waals surface area (Å²) in [6.45, 7) is 1.96. The average molecular weight is 556 g/mol. The number of nitrogens with zero attached hydrogens (tertiary/aromatic N) is 2. The zero-order valence-corrected chi connectivity index (χ0v) is 21.8. The molecule has 2 saturated carbocycles. The molecule has 37 heavy (non-hydrogen) atoms. The summed E-state index contributed by atoms with van der Waals surface area (Å²) in [7, 11) is 1.46. The van der Waals surface area contributed by atoms with Crippen molar-refractivity contribution >= 4 is 23.5 Å². The summed E-state index contributed by atoms with van der Waals surface area (Å²) in [5.41, 5.74) is 8.52. The smallest absolute Gasteiger partial charge is 0.390 e. The first-order chi connectivity index (χ1) is 17.4. The number of aliphatic hydroxyl groups excluding tert-OH is 1. The lowest BCUT2D eigenvalue weighted by molar-refractivity contribution is -0.168. The number of hydrogen-bond donors (Lipinski definition) is 6. The number of nitrogens with one attached hydrogen (secondary N) is 5. The zero-order chi connectivity index (χ0) is 26.9. The number of carbonyl (C=O) groups excluding carboxylic acids is 1. The standard InChI is InChI=1S/C23H38ClF4N7O2/c1-11-3-5-13(24)8-16(11)29-22(31-21(37)14-10-35(2)34-20(14)23(26,27)28)30-19-9-17(32-33-19)12-4-6-18(36)15(25)7-12/h11-20,32-34,36H,3-10H2,1-2H3,(H2,29,30,31,37).